The van der Waals surface area contributed by atoms with Crippen molar-refractivity contribution in [2.45, 2.75) is 16.6 Å². The summed E-state index contributed by atoms with van der Waals surface area (Å²) in [5.41, 5.74) is 13.0. The van der Waals surface area contributed by atoms with Gasteiger partial charge in [0.2, 0.25) is 0 Å². The SMILES string of the molecule is Nc1cccc(OC2=CCC(Sc3ccc(Oc4cccc(N)c4)cc3)C=C2)c1. The standard InChI is InChI=1S/C24H22N2O2S/c25-17-3-1-5-21(15-17)27-19-7-11-23(12-8-19)29-24-13-9-20(10-14-24)28-22-6-2-4-18(26)16-22/h1-13,15-16,24H,14,25-26H2. The molecule has 4 N–H and O–H groups in total. The van der Waals surface area contributed by atoms with Gasteiger partial charge in [-0.25, -0.2) is 0 Å². The fraction of sp³-hybridized carbons (Fsp3) is 0.0833. The van der Waals surface area contributed by atoms with E-state index < -0.39 is 0 Å². The van der Waals surface area contributed by atoms with Crippen LogP contribution in [0.25, 0.3) is 0 Å². The second-order valence-corrected chi connectivity index (χ2v) is 7.99. The zero-order valence-corrected chi connectivity index (χ0v) is 16.6. The molecule has 0 bridgehead atoms. The van der Waals surface area contributed by atoms with Crippen LogP contribution in [-0.4, -0.2) is 5.25 Å². The van der Waals surface area contributed by atoms with Crippen LogP contribution in [0.5, 0.6) is 17.2 Å². The van der Waals surface area contributed by atoms with Crippen LogP contribution in [0.4, 0.5) is 11.4 Å². The van der Waals surface area contributed by atoms with Crippen molar-refractivity contribution in [3.05, 3.63) is 96.8 Å². The molecule has 146 valence electrons. The zero-order valence-electron chi connectivity index (χ0n) is 15.8. The molecule has 0 fully saturated rings. The Morgan fingerprint density at radius 3 is 2.00 bits per heavy atom. The average Bonchev–Trinajstić information content (AvgIpc) is 2.71. The molecule has 4 nitrogen and oxygen atoms in total. The van der Waals surface area contributed by atoms with Gasteiger partial charge in [0, 0.05) is 33.7 Å². The summed E-state index contributed by atoms with van der Waals surface area (Å²) in [6.07, 6.45) is 7.20. The lowest BCUT2D eigenvalue weighted by atomic mass is 10.1. The molecule has 0 saturated carbocycles. The Kier molecular flexibility index (Phi) is 5.77. The first-order chi connectivity index (χ1) is 14.1. The number of ether oxygens (including phenoxy) is 2. The summed E-state index contributed by atoms with van der Waals surface area (Å²) < 4.78 is 11.7. The maximum Gasteiger partial charge on any atom is 0.129 e. The van der Waals surface area contributed by atoms with Crippen molar-refractivity contribution in [1.29, 1.82) is 0 Å². The fourth-order valence-electron chi connectivity index (χ4n) is 2.93. The quantitative estimate of drug-likeness (QED) is 0.493. The summed E-state index contributed by atoms with van der Waals surface area (Å²) in [7, 11) is 0. The van der Waals surface area contributed by atoms with Gasteiger partial charge >= 0.3 is 0 Å². The highest BCUT2D eigenvalue weighted by Gasteiger charge is 2.12. The molecule has 3 aromatic rings. The molecular formula is C24H22N2O2S. The van der Waals surface area contributed by atoms with Gasteiger partial charge in [-0.1, -0.05) is 18.2 Å². The van der Waals surface area contributed by atoms with E-state index in [0.29, 0.717) is 16.6 Å². The second kappa shape index (κ2) is 8.80. The van der Waals surface area contributed by atoms with Crippen molar-refractivity contribution in [1.82, 2.24) is 0 Å². The third kappa shape index (κ3) is 5.36. The van der Waals surface area contributed by atoms with Gasteiger partial charge in [-0.3, -0.25) is 0 Å². The van der Waals surface area contributed by atoms with E-state index in [0.717, 1.165) is 29.4 Å². The van der Waals surface area contributed by atoms with Gasteiger partial charge in [-0.05, 0) is 67.1 Å². The minimum atomic E-state index is 0.365. The Labute approximate surface area is 174 Å². The molecule has 0 amide bonds. The van der Waals surface area contributed by atoms with E-state index in [1.165, 1.54) is 4.90 Å². The highest BCUT2D eigenvalue weighted by Crippen LogP contribution is 2.32. The Bertz CT molecular complexity index is 1040. The molecule has 29 heavy (non-hydrogen) atoms. The van der Waals surface area contributed by atoms with Crippen LogP contribution in [0, 0.1) is 0 Å². The van der Waals surface area contributed by atoms with Gasteiger partial charge in [0.1, 0.15) is 23.0 Å². The number of hydrogen-bond acceptors (Lipinski definition) is 5. The average molecular weight is 403 g/mol. The van der Waals surface area contributed by atoms with Crippen LogP contribution < -0.4 is 20.9 Å². The number of anilines is 2. The van der Waals surface area contributed by atoms with E-state index in [-0.39, 0.29) is 0 Å². The summed E-state index contributed by atoms with van der Waals surface area (Å²) in [5.74, 6) is 3.12. The van der Waals surface area contributed by atoms with Crippen molar-refractivity contribution >= 4 is 23.1 Å². The van der Waals surface area contributed by atoms with Crippen LogP contribution in [0.1, 0.15) is 6.42 Å². The largest absolute Gasteiger partial charge is 0.458 e. The smallest absolute Gasteiger partial charge is 0.129 e. The second-order valence-electron chi connectivity index (χ2n) is 6.68. The van der Waals surface area contributed by atoms with E-state index in [2.05, 4.69) is 24.3 Å². The fourth-order valence-corrected chi connectivity index (χ4v) is 3.93. The van der Waals surface area contributed by atoms with Crippen LogP contribution >= 0.6 is 11.8 Å². The third-order valence-electron chi connectivity index (χ3n) is 4.33. The minimum Gasteiger partial charge on any atom is -0.458 e. The monoisotopic (exact) mass is 402 g/mol. The van der Waals surface area contributed by atoms with Crippen LogP contribution in [0.3, 0.4) is 0 Å². The first kappa shape index (κ1) is 19.0. The van der Waals surface area contributed by atoms with E-state index in [1.54, 1.807) is 0 Å². The number of benzene rings is 3. The van der Waals surface area contributed by atoms with Crippen LogP contribution in [0.2, 0.25) is 0 Å². The maximum atomic E-state index is 5.87. The topological polar surface area (TPSA) is 70.5 Å². The molecule has 1 atom stereocenters. The molecule has 0 heterocycles. The molecule has 0 spiro atoms. The first-order valence-corrected chi connectivity index (χ1v) is 10.2. The number of hydrogen-bond donors (Lipinski definition) is 2. The number of allylic oxidation sites excluding steroid dienone is 2. The van der Waals surface area contributed by atoms with Crippen molar-refractivity contribution in [2.75, 3.05) is 11.5 Å². The molecule has 0 radical (unpaired) electrons. The minimum absolute atomic E-state index is 0.365. The molecule has 1 unspecified atom stereocenters. The predicted octanol–water partition coefficient (Wildman–Crippen LogP) is 6.03. The van der Waals surface area contributed by atoms with Gasteiger partial charge in [0.15, 0.2) is 0 Å². The van der Waals surface area contributed by atoms with Crippen molar-refractivity contribution in [3.8, 4) is 17.2 Å². The maximum absolute atomic E-state index is 5.87. The Morgan fingerprint density at radius 1 is 0.759 bits per heavy atom. The lowest BCUT2D eigenvalue weighted by Crippen LogP contribution is -2.04. The van der Waals surface area contributed by atoms with Gasteiger partial charge in [-0.15, -0.1) is 11.8 Å². The van der Waals surface area contributed by atoms with Gasteiger partial charge in [0.05, 0.1) is 0 Å². The van der Waals surface area contributed by atoms with Crippen LogP contribution in [-0.2, 0) is 0 Å². The molecule has 0 saturated heterocycles. The van der Waals surface area contributed by atoms with Crippen molar-refractivity contribution in [3.63, 3.8) is 0 Å². The Morgan fingerprint density at radius 2 is 1.41 bits per heavy atom. The van der Waals surface area contributed by atoms with Crippen LogP contribution in [0.15, 0.2) is 102 Å². The Hall–Kier alpha value is -3.31. The molecule has 4 rings (SSSR count). The number of thioether (sulfide) groups is 1. The third-order valence-corrected chi connectivity index (χ3v) is 5.52. The lowest BCUT2D eigenvalue weighted by Gasteiger charge is -2.16. The van der Waals surface area contributed by atoms with Crippen molar-refractivity contribution in [2.24, 2.45) is 0 Å². The summed E-state index contributed by atoms with van der Waals surface area (Å²) in [6, 6.07) is 23.0. The van der Waals surface area contributed by atoms with Gasteiger partial charge in [0.25, 0.3) is 0 Å². The molecular weight excluding hydrogens is 380 g/mol. The molecule has 1 aliphatic carbocycles. The highest BCUT2D eigenvalue weighted by atomic mass is 32.2. The summed E-state index contributed by atoms with van der Waals surface area (Å²) in [4.78, 5) is 1.19. The molecule has 5 heteroatoms. The first-order valence-electron chi connectivity index (χ1n) is 9.36. The zero-order chi connectivity index (χ0) is 20.1. The summed E-state index contributed by atoms with van der Waals surface area (Å²) >= 11 is 1.81. The number of rotatable bonds is 6. The number of nitrogen functional groups attached to an aromatic ring is 2. The van der Waals surface area contributed by atoms with Crippen molar-refractivity contribution < 1.29 is 9.47 Å². The van der Waals surface area contributed by atoms with E-state index >= 15 is 0 Å². The van der Waals surface area contributed by atoms with Gasteiger partial charge < -0.3 is 20.9 Å². The molecule has 3 aromatic carbocycles. The summed E-state index contributed by atoms with van der Waals surface area (Å²) in [5, 5.41) is 0.365. The molecule has 0 aromatic heterocycles. The molecule has 0 aliphatic heterocycles. The lowest BCUT2D eigenvalue weighted by molar-refractivity contribution is 0.439. The van der Waals surface area contributed by atoms with E-state index in [1.807, 2.05) is 78.5 Å². The van der Waals surface area contributed by atoms with E-state index in [9.17, 15) is 0 Å². The predicted molar refractivity (Wildman–Crippen MR) is 120 cm³/mol. The number of nitrogens with two attached hydrogens (primary N) is 2. The molecule has 1 aliphatic rings. The Balaban J connectivity index is 1.31. The normalized spacial score (nSPS) is 15.6. The summed E-state index contributed by atoms with van der Waals surface area (Å²) in [6.45, 7) is 0. The van der Waals surface area contributed by atoms with Gasteiger partial charge in [-0.2, -0.15) is 0 Å². The van der Waals surface area contributed by atoms with E-state index in [4.69, 9.17) is 20.9 Å². The highest BCUT2D eigenvalue weighted by molar-refractivity contribution is 8.00.